The number of methoxy groups -OCH3 is 1. The third-order valence-corrected chi connectivity index (χ3v) is 4.86. The first-order valence-electron chi connectivity index (χ1n) is 8.81. The maximum Gasteiger partial charge on any atom is 0.241 e. The van der Waals surface area contributed by atoms with Gasteiger partial charge in [0.2, 0.25) is 5.91 Å². The highest BCUT2D eigenvalue weighted by molar-refractivity contribution is 5.94. The number of rotatable bonds is 4. The summed E-state index contributed by atoms with van der Waals surface area (Å²) >= 11 is 0. The maximum absolute atomic E-state index is 12.7. The van der Waals surface area contributed by atoms with Gasteiger partial charge in [-0.1, -0.05) is 12.1 Å². The van der Waals surface area contributed by atoms with Crippen molar-refractivity contribution in [3.8, 4) is 11.8 Å². The first kappa shape index (κ1) is 18.0. The Balaban J connectivity index is 1.71. The van der Waals surface area contributed by atoms with Gasteiger partial charge in [0.15, 0.2) is 0 Å². The molecule has 0 aliphatic carbocycles. The van der Waals surface area contributed by atoms with Gasteiger partial charge in [0.1, 0.15) is 5.75 Å². The van der Waals surface area contributed by atoms with Gasteiger partial charge in [0, 0.05) is 12.2 Å². The number of amides is 1. The van der Waals surface area contributed by atoms with Crippen LogP contribution in [0.5, 0.6) is 5.75 Å². The molecule has 1 aliphatic heterocycles. The zero-order chi connectivity index (χ0) is 18.5. The number of hydrogen-bond acceptors (Lipinski definition) is 4. The van der Waals surface area contributed by atoms with E-state index in [0.29, 0.717) is 11.3 Å². The lowest BCUT2D eigenvalue weighted by Gasteiger charge is -2.27. The fourth-order valence-corrected chi connectivity index (χ4v) is 3.30. The number of fused-ring (bicyclic) bond motifs is 1. The van der Waals surface area contributed by atoms with E-state index in [9.17, 15) is 4.79 Å². The van der Waals surface area contributed by atoms with Crippen molar-refractivity contribution in [2.24, 2.45) is 0 Å². The normalized spacial score (nSPS) is 15.3. The van der Waals surface area contributed by atoms with Gasteiger partial charge in [-0.2, -0.15) is 5.26 Å². The van der Waals surface area contributed by atoms with Crippen LogP contribution in [-0.2, 0) is 17.8 Å². The minimum Gasteiger partial charge on any atom is -0.497 e. The molecule has 1 atom stereocenters. The first-order chi connectivity index (χ1) is 12.6. The minimum absolute atomic E-state index is 0.0583. The van der Waals surface area contributed by atoms with E-state index < -0.39 is 0 Å². The quantitative estimate of drug-likeness (QED) is 0.919. The molecule has 2 aromatic rings. The van der Waals surface area contributed by atoms with Crippen molar-refractivity contribution in [1.82, 2.24) is 4.90 Å². The van der Waals surface area contributed by atoms with E-state index in [-0.39, 0.29) is 11.9 Å². The van der Waals surface area contributed by atoms with Crippen LogP contribution < -0.4 is 10.1 Å². The molecule has 0 radical (unpaired) electrons. The van der Waals surface area contributed by atoms with Crippen molar-refractivity contribution in [2.45, 2.75) is 32.4 Å². The largest absolute Gasteiger partial charge is 0.497 e. The molecule has 0 saturated carbocycles. The lowest BCUT2D eigenvalue weighted by atomic mass is 10.0. The summed E-state index contributed by atoms with van der Waals surface area (Å²) in [7, 11) is 1.68. The number of nitrogens with one attached hydrogen (secondary N) is 1. The molecule has 1 heterocycles. The number of benzene rings is 2. The monoisotopic (exact) mass is 349 g/mol. The SMILES string of the molecule is COc1ccc2c(c1)CCCN(C(C)C(=O)Nc1cccc(C#N)c1)C2. The van der Waals surface area contributed by atoms with Crippen LogP contribution in [-0.4, -0.2) is 30.5 Å². The number of carbonyl (C=O) groups excluding carboxylic acids is 1. The van der Waals surface area contributed by atoms with E-state index in [4.69, 9.17) is 10.00 Å². The van der Waals surface area contributed by atoms with E-state index in [2.05, 4.69) is 28.4 Å². The van der Waals surface area contributed by atoms with Crippen LogP contribution in [0.3, 0.4) is 0 Å². The minimum atomic E-state index is -0.256. The number of ether oxygens (including phenoxy) is 1. The molecule has 2 aromatic carbocycles. The Morgan fingerprint density at radius 3 is 2.88 bits per heavy atom. The number of nitriles is 1. The van der Waals surface area contributed by atoms with Gasteiger partial charge in [0.05, 0.1) is 24.8 Å². The Labute approximate surface area is 154 Å². The number of aryl methyl sites for hydroxylation is 1. The van der Waals surface area contributed by atoms with Gasteiger partial charge in [0.25, 0.3) is 0 Å². The van der Waals surface area contributed by atoms with Crippen molar-refractivity contribution >= 4 is 11.6 Å². The molecule has 1 unspecified atom stereocenters. The number of nitrogens with zero attached hydrogens (tertiary/aromatic N) is 2. The third kappa shape index (κ3) is 4.04. The molecule has 134 valence electrons. The zero-order valence-electron chi connectivity index (χ0n) is 15.2. The molecule has 5 heteroatoms. The van der Waals surface area contributed by atoms with E-state index in [1.54, 1.807) is 31.4 Å². The topological polar surface area (TPSA) is 65.4 Å². The van der Waals surface area contributed by atoms with Gasteiger partial charge in [-0.3, -0.25) is 9.69 Å². The second-order valence-electron chi connectivity index (χ2n) is 6.57. The molecule has 1 N–H and O–H groups in total. The molecule has 1 amide bonds. The molecule has 3 rings (SSSR count). The van der Waals surface area contributed by atoms with Crippen LogP contribution in [0.1, 0.15) is 30.0 Å². The predicted molar refractivity (Wildman–Crippen MR) is 101 cm³/mol. The van der Waals surface area contributed by atoms with Gasteiger partial charge >= 0.3 is 0 Å². The average molecular weight is 349 g/mol. The summed E-state index contributed by atoms with van der Waals surface area (Å²) < 4.78 is 5.32. The van der Waals surface area contributed by atoms with Crippen molar-refractivity contribution < 1.29 is 9.53 Å². The Morgan fingerprint density at radius 1 is 1.27 bits per heavy atom. The fraction of sp³-hybridized carbons (Fsp3) is 0.333. The molecular formula is C21H23N3O2. The highest BCUT2D eigenvalue weighted by Gasteiger charge is 2.24. The zero-order valence-corrected chi connectivity index (χ0v) is 15.2. The van der Waals surface area contributed by atoms with Gasteiger partial charge in [-0.05, 0) is 67.8 Å². The fourth-order valence-electron chi connectivity index (χ4n) is 3.30. The molecule has 0 fully saturated rings. The molecular weight excluding hydrogens is 326 g/mol. The van der Waals surface area contributed by atoms with Crippen molar-refractivity contribution in [2.75, 3.05) is 19.0 Å². The lowest BCUT2D eigenvalue weighted by Crippen LogP contribution is -2.41. The predicted octanol–water partition coefficient (Wildman–Crippen LogP) is 3.34. The van der Waals surface area contributed by atoms with Crippen LogP contribution in [0.25, 0.3) is 0 Å². The number of hydrogen-bond donors (Lipinski definition) is 1. The Morgan fingerprint density at radius 2 is 2.12 bits per heavy atom. The first-order valence-corrected chi connectivity index (χ1v) is 8.81. The second kappa shape index (κ2) is 8.03. The van der Waals surface area contributed by atoms with Gasteiger partial charge < -0.3 is 10.1 Å². The molecule has 0 aromatic heterocycles. The smallest absolute Gasteiger partial charge is 0.241 e. The summed E-state index contributed by atoms with van der Waals surface area (Å²) in [6.45, 7) is 3.54. The van der Waals surface area contributed by atoms with E-state index in [1.165, 1.54) is 11.1 Å². The second-order valence-corrected chi connectivity index (χ2v) is 6.57. The number of anilines is 1. The van der Waals surface area contributed by atoms with E-state index >= 15 is 0 Å². The standard InChI is InChI=1S/C21H23N3O2/c1-15(21(25)23-19-7-3-5-16(11-19)13-22)24-10-4-6-17-12-20(26-2)9-8-18(17)14-24/h3,5,7-9,11-12,15H,4,6,10,14H2,1-2H3,(H,23,25). The van der Waals surface area contributed by atoms with Crippen molar-refractivity contribution in [3.05, 3.63) is 59.2 Å². The summed E-state index contributed by atoms with van der Waals surface area (Å²) in [6, 6.07) is 15.0. The maximum atomic E-state index is 12.7. The highest BCUT2D eigenvalue weighted by Crippen LogP contribution is 2.24. The molecule has 0 saturated heterocycles. The Kier molecular flexibility index (Phi) is 5.55. The Hall–Kier alpha value is -2.84. The molecule has 0 spiro atoms. The van der Waals surface area contributed by atoms with Gasteiger partial charge in [-0.25, -0.2) is 0 Å². The summed E-state index contributed by atoms with van der Waals surface area (Å²) in [6.07, 6.45) is 1.99. The molecule has 5 nitrogen and oxygen atoms in total. The third-order valence-electron chi connectivity index (χ3n) is 4.86. The average Bonchev–Trinajstić information content (AvgIpc) is 2.89. The van der Waals surface area contributed by atoms with Crippen LogP contribution in [0.15, 0.2) is 42.5 Å². The Bertz CT molecular complexity index is 841. The van der Waals surface area contributed by atoms with Crippen LogP contribution >= 0.6 is 0 Å². The van der Waals surface area contributed by atoms with Crippen LogP contribution in [0, 0.1) is 11.3 Å². The summed E-state index contributed by atoms with van der Waals surface area (Å²) in [4.78, 5) is 14.9. The van der Waals surface area contributed by atoms with Crippen LogP contribution in [0.4, 0.5) is 5.69 Å². The summed E-state index contributed by atoms with van der Waals surface area (Å²) in [5.74, 6) is 0.817. The summed E-state index contributed by atoms with van der Waals surface area (Å²) in [5.41, 5.74) is 3.73. The van der Waals surface area contributed by atoms with Crippen molar-refractivity contribution in [1.29, 1.82) is 5.26 Å². The van der Waals surface area contributed by atoms with E-state index in [1.807, 2.05) is 13.0 Å². The lowest BCUT2D eigenvalue weighted by molar-refractivity contribution is -0.121. The summed E-state index contributed by atoms with van der Waals surface area (Å²) in [5, 5.41) is 11.9. The molecule has 1 aliphatic rings. The van der Waals surface area contributed by atoms with Crippen molar-refractivity contribution in [3.63, 3.8) is 0 Å². The van der Waals surface area contributed by atoms with E-state index in [0.717, 1.165) is 31.7 Å². The molecule has 26 heavy (non-hydrogen) atoms. The molecule has 0 bridgehead atoms. The number of carbonyl (C=O) groups is 1. The highest BCUT2D eigenvalue weighted by atomic mass is 16.5. The van der Waals surface area contributed by atoms with Gasteiger partial charge in [-0.15, -0.1) is 0 Å². The van der Waals surface area contributed by atoms with Crippen LogP contribution in [0.2, 0.25) is 0 Å².